The molecule has 0 aliphatic heterocycles. The third kappa shape index (κ3) is 2.56. The Balaban J connectivity index is 1.82. The second-order valence-corrected chi connectivity index (χ2v) is 5.37. The number of halogens is 1. The molecule has 2 aromatic rings. The van der Waals surface area contributed by atoms with Crippen molar-refractivity contribution in [3.63, 3.8) is 0 Å². The molecule has 3 rings (SSSR count). The van der Waals surface area contributed by atoms with E-state index in [4.69, 9.17) is 4.74 Å². The molecular weight excluding hydrogens is 267 g/mol. The molecule has 0 spiro atoms. The summed E-state index contributed by atoms with van der Waals surface area (Å²) in [6.45, 7) is 0. The van der Waals surface area contributed by atoms with Crippen molar-refractivity contribution in [1.82, 2.24) is 0 Å². The Labute approximate surface area is 123 Å². The Morgan fingerprint density at radius 1 is 1.24 bits per heavy atom. The second kappa shape index (κ2) is 5.68. The van der Waals surface area contributed by atoms with Gasteiger partial charge in [-0.05, 0) is 35.6 Å². The minimum Gasteiger partial charge on any atom is -0.494 e. The number of hydrogen-bond donors (Lipinski definition) is 0. The number of benzene rings is 2. The largest absolute Gasteiger partial charge is 0.494 e. The van der Waals surface area contributed by atoms with E-state index in [-0.39, 0.29) is 23.9 Å². The molecule has 2 aromatic carbocycles. The summed E-state index contributed by atoms with van der Waals surface area (Å²) in [6, 6.07) is 12.9. The fourth-order valence-corrected chi connectivity index (χ4v) is 3.05. The van der Waals surface area contributed by atoms with Gasteiger partial charge in [-0.3, -0.25) is 4.79 Å². The number of hydrogen-bond acceptors (Lipinski definition) is 2. The third-order valence-electron chi connectivity index (χ3n) is 4.15. The SMILES string of the molecule is COc1cccc(CC(=O)C2CCc3ccccc32)c1F. The first-order valence-electron chi connectivity index (χ1n) is 7.12. The van der Waals surface area contributed by atoms with Crippen molar-refractivity contribution in [3.05, 3.63) is 65.0 Å². The lowest BCUT2D eigenvalue weighted by atomic mass is 9.92. The Bertz CT molecular complexity index is 679. The predicted octanol–water partition coefficient (Wildman–Crippen LogP) is 3.68. The van der Waals surface area contributed by atoms with Gasteiger partial charge in [-0.15, -0.1) is 0 Å². The van der Waals surface area contributed by atoms with Gasteiger partial charge >= 0.3 is 0 Å². The zero-order valence-corrected chi connectivity index (χ0v) is 11.9. The van der Waals surface area contributed by atoms with Gasteiger partial charge in [0.25, 0.3) is 0 Å². The van der Waals surface area contributed by atoms with Gasteiger partial charge in [-0.25, -0.2) is 4.39 Å². The van der Waals surface area contributed by atoms with Gasteiger partial charge in [-0.2, -0.15) is 0 Å². The van der Waals surface area contributed by atoms with Crippen LogP contribution >= 0.6 is 0 Å². The predicted molar refractivity (Wildman–Crippen MR) is 79.2 cm³/mol. The molecule has 0 aromatic heterocycles. The van der Waals surface area contributed by atoms with Gasteiger partial charge in [0.1, 0.15) is 5.78 Å². The lowest BCUT2D eigenvalue weighted by Gasteiger charge is -2.12. The molecule has 3 heteroatoms. The minimum atomic E-state index is -0.431. The molecule has 0 heterocycles. The molecule has 1 atom stereocenters. The number of fused-ring (bicyclic) bond motifs is 1. The van der Waals surface area contributed by atoms with Crippen LogP contribution in [-0.2, 0) is 17.6 Å². The van der Waals surface area contributed by atoms with Gasteiger partial charge in [0.05, 0.1) is 7.11 Å². The Morgan fingerprint density at radius 3 is 2.86 bits per heavy atom. The maximum absolute atomic E-state index is 14.1. The monoisotopic (exact) mass is 284 g/mol. The van der Waals surface area contributed by atoms with Crippen LogP contribution in [0.25, 0.3) is 0 Å². The highest BCUT2D eigenvalue weighted by molar-refractivity contribution is 5.88. The highest BCUT2D eigenvalue weighted by Gasteiger charge is 2.28. The number of carbonyl (C=O) groups excluding carboxylic acids is 1. The van der Waals surface area contributed by atoms with Crippen LogP contribution in [0.4, 0.5) is 4.39 Å². The third-order valence-corrected chi connectivity index (χ3v) is 4.15. The van der Waals surface area contributed by atoms with E-state index in [0.717, 1.165) is 18.4 Å². The minimum absolute atomic E-state index is 0.0760. The summed E-state index contributed by atoms with van der Waals surface area (Å²) in [7, 11) is 1.43. The molecule has 2 nitrogen and oxygen atoms in total. The Hall–Kier alpha value is -2.16. The van der Waals surface area contributed by atoms with Crippen molar-refractivity contribution < 1.29 is 13.9 Å². The van der Waals surface area contributed by atoms with E-state index >= 15 is 0 Å². The fraction of sp³-hybridized carbons (Fsp3) is 0.278. The van der Waals surface area contributed by atoms with E-state index in [1.165, 1.54) is 12.7 Å². The number of carbonyl (C=O) groups is 1. The van der Waals surface area contributed by atoms with Crippen molar-refractivity contribution in [3.8, 4) is 5.75 Å². The van der Waals surface area contributed by atoms with Gasteiger partial charge in [0.15, 0.2) is 11.6 Å². The zero-order valence-electron chi connectivity index (χ0n) is 11.9. The van der Waals surface area contributed by atoms with Crippen LogP contribution in [0.5, 0.6) is 5.75 Å². The fourth-order valence-electron chi connectivity index (χ4n) is 3.05. The summed E-state index contributed by atoms with van der Waals surface area (Å²) >= 11 is 0. The number of rotatable bonds is 4. The van der Waals surface area contributed by atoms with Crippen LogP contribution in [0.2, 0.25) is 0 Å². The summed E-state index contributed by atoms with van der Waals surface area (Å²) in [6.07, 6.45) is 1.86. The van der Waals surface area contributed by atoms with Crippen LogP contribution in [0.3, 0.4) is 0 Å². The molecular formula is C18H17FO2. The van der Waals surface area contributed by atoms with E-state index in [1.54, 1.807) is 18.2 Å². The van der Waals surface area contributed by atoms with Crippen molar-refractivity contribution in [1.29, 1.82) is 0 Å². The molecule has 108 valence electrons. The van der Waals surface area contributed by atoms with Crippen LogP contribution < -0.4 is 4.74 Å². The van der Waals surface area contributed by atoms with Gasteiger partial charge in [0.2, 0.25) is 0 Å². The quantitative estimate of drug-likeness (QED) is 0.856. The number of aryl methyl sites for hydroxylation is 1. The van der Waals surface area contributed by atoms with Crippen LogP contribution in [0.15, 0.2) is 42.5 Å². The molecule has 1 unspecified atom stereocenters. The normalized spacial score (nSPS) is 16.6. The first-order chi connectivity index (χ1) is 10.2. The smallest absolute Gasteiger partial charge is 0.168 e. The van der Waals surface area contributed by atoms with Gasteiger partial charge in [-0.1, -0.05) is 36.4 Å². The van der Waals surface area contributed by atoms with Crippen molar-refractivity contribution >= 4 is 5.78 Å². The molecule has 0 amide bonds. The number of ketones is 1. The number of methoxy groups -OCH3 is 1. The van der Waals surface area contributed by atoms with E-state index in [9.17, 15) is 9.18 Å². The highest BCUT2D eigenvalue weighted by atomic mass is 19.1. The van der Waals surface area contributed by atoms with Crippen molar-refractivity contribution in [2.45, 2.75) is 25.2 Å². The van der Waals surface area contributed by atoms with E-state index in [2.05, 4.69) is 6.07 Å². The molecule has 0 fully saturated rings. The van der Waals surface area contributed by atoms with Crippen LogP contribution in [0, 0.1) is 5.82 Å². The molecule has 0 saturated carbocycles. The molecule has 0 N–H and O–H groups in total. The van der Waals surface area contributed by atoms with Crippen molar-refractivity contribution in [2.75, 3.05) is 7.11 Å². The number of ether oxygens (including phenoxy) is 1. The van der Waals surface area contributed by atoms with Gasteiger partial charge in [0, 0.05) is 12.3 Å². The number of Topliss-reactive ketones (excluding diaryl/α,β-unsaturated/α-hetero) is 1. The van der Waals surface area contributed by atoms with E-state index < -0.39 is 5.82 Å². The average molecular weight is 284 g/mol. The van der Waals surface area contributed by atoms with Crippen molar-refractivity contribution in [2.24, 2.45) is 0 Å². The summed E-state index contributed by atoms with van der Waals surface area (Å²) in [5.41, 5.74) is 2.75. The molecule has 0 radical (unpaired) electrons. The highest BCUT2D eigenvalue weighted by Crippen LogP contribution is 2.34. The van der Waals surface area contributed by atoms with Crippen LogP contribution in [-0.4, -0.2) is 12.9 Å². The molecule has 0 bridgehead atoms. The molecule has 0 saturated heterocycles. The molecule has 1 aliphatic rings. The summed E-state index contributed by atoms with van der Waals surface area (Å²) < 4.78 is 19.1. The standard InChI is InChI=1S/C18H17FO2/c1-21-17-8-4-6-13(18(17)19)11-16(20)15-10-9-12-5-2-3-7-14(12)15/h2-8,15H,9-11H2,1H3. The average Bonchev–Trinajstić information content (AvgIpc) is 2.93. The topological polar surface area (TPSA) is 26.3 Å². The van der Waals surface area contributed by atoms with Gasteiger partial charge < -0.3 is 4.74 Å². The zero-order chi connectivity index (χ0) is 14.8. The molecule has 21 heavy (non-hydrogen) atoms. The first-order valence-corrected chi connectivity index (χ1v) is 7.12. The second-order valence-electron chi connectivity index (χ2n) is 5.37. The lowest BCUT2D eigenvalue weighted by Crippen LogP contribution is -2.13. The van der Waals surface area contributed by atoms with E-state index in [1.807, 2.05) is 18.2 Å². The molecule has 1 aliphatic carbocycles. The van der Waals surface area contributed by atoms with Crippen LogP contribution in [0.1, 0.15) is 29.0 Å². The first kappa shape index (κ1) is 13.8. The Morgan fingerprint density at radius 2 is 2.05 bits per heavy atom. The van der Waals surface area contributed by atoms with E-state index in [0.29, 0.717) is 5.56 Å². The Kier molecular flexibility index (Phi) is 3.74. The maximum Gasteiger partial charge on any atom is 0.168 e. The summed E-state index contributed by atoms with van der Waals surface area (Å²) in [5.74, 6) is -0.273. The maximum atomic E-state index is 14.1. The summed E-state index contributed by atoms with van der Waals surface area (Å²) in [5, 5.41) is 0. The summed E-state index contributed by atoms with van der Waals surface area (Å²) in [4.78, 5) is 12.5. The lowest BCUT2D eigenvalue weighted by molar-refractivity contribution is -0.119.